The third-order valence-electron chi connectivity index (χ3n) is 4.96. The average Bonchev–Trinajstić information content (AvgIpc) is 3.16. The monoisotopic (exact) mass is 476 g/mol. The van der Waals surface area contributed by atoms with E-state index < -0.39 is 23.3 Å². The Bertz CT molecular complexity index is 1080. The summed E-state index contributed by atoms with van der Waals surface area (Å²) in [5.41, 5.74) is 7.80. The molecule has 162 valence electrons. The summed E-state index contributed by atoms with van der Waals surface area (Å²) in [5, 5.41) is 13.0. The third-order valence-corrected chi connectivity index (χ3v) is 8.49. The average molecular weight is 477 g/mol. The maximum absolute atomic E-state index is 12.7. The second-order valence-electron chi connectivity index (χ2n) is 7.07. The van der Waals surface area contributed by atoms with Gasteiger partial charge in [0.15, 0.2) is 0 Å². The van der Waals surface area contributed by atoms with E-state index in [0.717, 1.165) is 9.22 Å². The number of amides is 2. The molecule has 2 aromatic rings. The highest BCUT2D eigenvalue weighted by Crippen LogP contribution is 2.42. The summed E-state index contributed by atoms with van der Waals surface area (Å²) in [6.07, 6.45) is 1.83. The second-order valence-corrected chi connectivity index (χ2v) is 10.7. The van der Waals surface area contributed by atoms with Gasteiger partial charge < -0.3 is 16.2 Å². The van der Waals surface area contributed by atoms with Crippen molar-refractivity contribution in [3.05, 3.63) is 52.3 Å². The molecule has 8 nitrogen and oxygen atoms in total. The van der Waals surface area contributed by atoms with Crippen molar-refractivity contribution >= 4 is 58.3 Å². The number of benzene rings is 1. The zero-order valence-corrected chi connectivity index (χ0v) is 19.0. The number of hydrogen-bond donors (Lipinski definition) is 3. The van der Waals surface area contributed by atoms with Crippen molar-refractivity contribution in [3.8, 4) is 0 Å². The number of nitrogens with two attached hydrogens (primary N) is 1. The van der Waals surface area contributed by atoms with Gasteiger partial charge in [-0.3, -0.25) is 14.5 Å². The molecule has 2 aliphatic rings. The molecule has 0 spiro atoms. The number of carbonyl (C=O) groups excluding carboxylic acids is 2. The Morgan fingerprint density at radius 1 is 1.39 bits per heavy atom. The quantitative estimate of drug-likeness (QED) is 0.315. The fraction of sp³-hybridized carbons (Fsp3) is 0.300. The smallest absolute Gasteiger partial charge is 0.352 e. The molecule has 0 aliphatic carbocycles. The lowest BCUT2D eigenvalue weighted by molar-refractivity contribution is -0.150. The summed E-state index contributed by atoms with van der Waals surface area (Å²) in [4.78, 5) is 42.6. The van der Waals surface area contributed by atoms with E-state index in [-0.39, 0.29) is 18.0 Å². The molecular weight excluding hydrogens is 456 g/mol. The summed E-state index contributed by atoms with van der Waals surface area (Å²) < 4.78 is 1.00. The number of nitrogens with zero attached hydrogens (tertiary/aromatic N) is 2. The Balaban J connectivity index is 1.43. The van der Waals surface area contributed by atoms with Gasteiger partial charge in [-0.05, 0) is 24.1 Å². The number of carboxylic acid groups (broad SMARTS) is 1. The lowest BCUT2D eigenvalue weighted by Gasteiger charge is -2.49. The number of carbonyl (C=O) groups is 3. The van der Waals surface area contributed by atoms with Crippen LogP contribution in [0.1, 0.15) is 10.6 Å². The minimum absolute atomic E-state index is 0.0280. The summed E-state index contributed by atoms with van der Waals surface area (Å²) in [5.74, 6) is -0.897. The van der Waals surface area contributed by atoms with E-state index in [1.807, 2.05) is 6.92 Å². The molecule has 1 aromatic heterocycles. The van der Waals surface area contributed by atoms with Crippen LogP contribution >= 0.6 is 34.9 Å². The predicted octanol–water partition coefficient (Wildman–Crippen LogP) is 2.11. The second kappa shape index (κ2) is 8.93. The number of aliphatic carboxylic acids is 1. The molecule has 0 saturated carbocycles. The molecule has 31 heavy (non-hydrogen) atoms. The number of thioether (sulfide) groups is 2. The number of rotatable bonds is 7. The highest BCUT2D eigenvalue weighted by Gasteiger charge is 2.54. The fourth-order valence-corrected chi connectivity index (χ4v) is 6.89. The van der Waals surface area contributed by atoms with E-state index in [0.29, 0.717) is 28.3 Å². The van der Waals surface area contributed by atoms with Crippen LogP contribution < -0.4 is 11.1 Å². The zero-order chi connectivity index (χ0) is 22.1. The number of para-hydroxylation sites is 1. The molecular formula is C20H20N4O4S3. The number of aromatic nitrogens is 1. The van der Waals surface area contributed by atoms with Crippen LogP contribution in [0.15, 0.2) is 45.9 Å². The summed E-state index contributed by atoms with van der Waals surface area (Å²) >= 11 is 4.53. The standard InChI is InChI=1S/C20H20N4O4S3/c1-10-22-7-15(31-10)29-8-12-9-30-19-16(18(26)24(19)17(12)20(27)28)23-14(25)6-11-4-2-3-5-13(11)21/h2-5,7,16,19H,6,8-9,21H2,1H3,(H,23,25)(H,27,28)/t16?,19-/m0/s1. The van der Waals surface area contributed by atoms with E-state index in [1.165, 1.54) is 28.4 Å². The van der Waals surface area contributed by atoms with Crippen molar-refractivity contribution in [2.45, 2.75) is 29.0 Å². The van der Waals surface area contributed by atoms with Gasteiger partial charge in [-0.25, -0.2) is 9.78 Å². The van der Waals surface area contributed by atoms with Crippen molar-refractivity contribution in [1.29, 1.82) is 0 Å². The normalized spacial score (nSPS) is 20.3. The number of nitrogens with one attached hydrogen (secondary N) is 1. The first-order valence-corrected chi connectivity index (χ1v) is 12.3. The lowest BCUT2D eigenvalue weighted by Crippen LogP contribution is -2.70. The molecule has 1 unspecified atom stereocenters. The zero-order valence-electron chi connectivity index (χ0n) is 16.5. The molecule has 2 atom stereocenters. The van der Waals surface area contributed by atoms with Crippen LogP contribution in [0.5, 0.6) is 0 Å². The minimum Gasteiger partial charge on any atom is -0.477 e. The van der Waals surface area contributed by atoms with Crippen molar-refractivity contribution < 1.29 is 19.5 Å². The molecule has 2 amide bonds. The number of β-lactam (4-membered cyclic amide) rings is 1. The maximum atomic E-state index is 12.7. The molecule has 2 aliphatic heterocycles. The van der Waals surface area contributed by atoms with Crippen molar-refractivity contribution in [2.75, 3.05) is 17.2 Å². The number of anilines is 1. The Morgan fingerprint density at radius 3 is 2.84 bits per heavy atom. The lowest BCUT2D eigenvalue weighted by atomic mass is 10.0. The topological polar surface area (TPSA) is 126 Å². The van der Waals surface area contributed by atoms with E-state index >= 15 is 0 Å². The van der Waals surface area contributed by atoms with Crippen molar-refractivity contribution in [3.63, 3.8) is 0 Å². The molecule has 1 saturated heterocycles. The largest absolute Gasteiger partial charge is 0.477 e. The van der Waals surface area contributed by atoms with Gasteiger partial charge in [0.2, 0.25) is 5.91 Å². The van der Waals surface area contributed by atoms with Crippen molar-refractivity contribution in [1.82, 2.24) is 15.2 Å². The highest BCUT2D eigenvalue weighted by atomic mass is 32.2. The van der Waals surface area contributed by atoms with Gasteiger partial charge >= 0.3 is 5.97 Å². The van der Waals surface area contributed by atoms with Gasteiger partial charge in [0, 0.05) is 17.2 Å². The molecule has 3 heterocycles. The van der Waals surface area contributed by atoms with Crippen LogP contribution in [-0.4, -0.2) is 55.7 Å². The number of hydrogen-bond acceptors (Lipinski definition) is 8. The number of carboxylic acids is 1. The molecule has 11 heteroatoms. The molecule has 0 bridgehead atoms. The van der Waals surface area contributed by atoms with E-state index in [4.69, 9.17) is 5.73 Å². The van der Waals surface area contributed by atoms with Gasteiger partial charge in [0.1, 0.15) is 17.1 Å². The Hall–Kier alpha value is -2.50. The van der Waals surface area contributed by atoms with Gasteiger partial charge in [-0.1, -0.05) is 18.2 Å². The molecule has 0 radical (unpaired) electrons. The van der Waals surface area contributed by atoms with Crippen molar-refractivity contribution in [2.24, 2.45) is 0 Å². The molecule has 1 fully saturated rings. The Morgan fingerprint density at radius 2 is 2.16 bits per heavy atom. The number of thiazole rings is 1. The first-order valence-electron chi connectivity index (χ1n) is 9.43. The van der Waals surface area contributed by atoms with Crippen LogP contribution in [-0.2, 0) is 20.8 Å². The van der Waals surface area contributed by atoms with E-state index in [9.17, 15) is 19.5 Å². The van der Waals surface area contributed by atoms with Gasteiger partial charge in [-0.2, -0.15) is 0 Å². The van der Waals surface area contributed by atoms with Gasteiger partial charge in [-0.15, -0.1) is 34.9 Å². The molecule has 4 N–H and O–H groups in total. The number of fused-ring (bicyclic) bond motifs is 1. The van der Waals surface area contributed by atoms with Crippen LogP contribution in [0.2, 0.25) is 0 Å². The van der Waals surface area contributed by atoms with Crippen LogP contribution in [0.4, 0.5) is 5.69 Å². The summed E-state index contributed by atoms with van der Waals surface area (Å²) in [7, 11) is 0. The SMILES string of the molecule is Cc1ncc(SCC2=C(C(=O)O)N3C(=O)C(NC(=O)Cc4ccccc4N)[C@@H]3SC2)s1. The Kier molecular flexibility index (Phi) is 6.26. The third kappa shape index (κ3) is 4.43. The van der Waals surface area contributed by atoms with Crippen LogP contribution in [0.3, 0.4) is 0 Å². The molecule has 1 aromatic carbocycles. The van der Waals surface area contributed by atoms with E-state index in [2.05, 4.69) is 10.3 Å². The summed E-state index contributed by atoms with van der Waals surface area (Å²) in [6, 6.07) is 6.32. The summed E-state index contributed by atoms with van der Waals surface area (Å²) in [6.45, 7) is 1.91. The Labute approximate surface area is 191 Å². The number of aryl methyl sites for hydroxylation is 1. The minimum atomic E-state index is -1.13. The van der Waals surface area contributed by atoms with Gasteiger partial charge in [0.05, 0.1) is 21.8 Å². The molecule has 4 rings (SSSR count). The van der Waals surface area contributed by atoms with E-state index in [1.54, 1.807) is 41.8 Å². The van der Waals surface area contributed by atoms with Crippen LogP contribution in [0, 0.1) is 6.92 Å². The van der Waals surface area contributed by atoms with Crippen LogP contribution in [0.25, 0.3) is 0 Å². The maximum Gasteiger partial charge on any atom is 0.352 e. The first-order chi connectivity index (χ1) is 14.8. The van der Waals surface area contributed by atoms with Gasteiger partial charge in [0.25, 0.3) is 5.91 Å². The predicted molar refractivity (Wildman–Crippen MR) is 122 cm³/mol. The highest BCUT2D eigenvalue weighted by molar-refractivity contribution is 8.02. The number of nitrogen functional groups attached to an aromatic ring is 1. The fourth-order valence-electron chi connectivity index (χ4n) is 3.45. The first kappa shape index (κ1) is 21.7.